The van der Waals surface area contributed by atoms with E-state index in [1.54, 1.807) is 6.07 Å². The van der Waals surface area contributed by atoms with E-state index in [0.29, 0.717) is 23.7 Å². The Kier molecular flexibility index (Phi) is 4.73. The molecule has 0 bridgehead atoms. The van der Waals surface area contributed by atoms with Crippen molar-refractivity contribution in [2.75, 3.05) is 0 Å². The van der Waals surface area contributed by atoms with Crippen LogP contribution in [-0.2, 0) is 14.8 Å². The predicted octanol–water partition coefficient (Wildman–Crippen LogP) is 2.63. The average molecular weight is 383 g/mol. The number of aliphatic carboxylic acids is 1. The quantitative estimate of drug-likeness (QED) is 0.838. The molecule has 110 valence electrons. The van der Waals surface area contributed by atoms with Crippen LogP contribution in [0.15, 0.2) is 27.6 Å². The van der Waals surface area contributed by atoms with Crippen molar-refractivity contribution in [3.63, 3.8) is 0 Å². The molecule has 2 unspecified atom stereocenters. The number of hydrogen-bond donors (Lipinski definition) is 2. The summed E-state index contributed by atoms with van der Waals surface area (Å²) in [5.74, 6) is -1.36. The first-order chi connectivity index (χ1) is 9.29. The van der Waals surface area contributed by atoms with Gasteiger partial charge in [0.05, 0.1) is 10.9 Å². The Labute approximate surface area is 130 Å². The number of carbonyl (C=O) groups is 1. The highest BCUT2D eigenvalue weighted by atomic mass is 79.9. The molecule has 2 rings (SSSR count). The van der Waals surface area contributed by atoms with Crippen molar-refractivity contribution in [3.05, 3.63) is 27.7 Å². The molecule has 20 heavy (non-hydrogen) atoms. The van der Waals surface area contributed by atoms with E-state index in [9.17, 15) is 13.2 Å². The van der Waals surface area contributed by atoms with E-state index in [1.807, 2.05) is 0 Å². The second kappa shape index (κ2) is 6.01. The largest absolute Gasteiger partial charge is 0.481 e. The van der Waals surface area contributed by atoms with Gasteiger partial charge in [-0.05, 0) is 37.5 Å². The van der Waals surface area contributed by atoms with Gasteiger partial charge in [-0.15, -0.1) is 0 Å². The summed E-state index contributed by atoms with van der Waals surface area (Å²) >= 11 is 9.15. The van der Waals surface area contributed by atoms with Gasteiger partial charge < -0.3 is 5.11 Å². The molecule has 1 fully saturated rings. The van der Waals surface area contributed by atoms with Crippen LogP contribution in [0, 0.1) is 5.92 Å². The third-order valence-electron chi connectivity index (χ3n) is 3.29. The summed E-state index contributed by atoms with van der Waals surface area (Å²) < 4.78 is 27.7. The lowest BCUT2D eigenvalue weighted by Gasteiger charge is -2.14. The Morgan fingerprint density at radius 1 is 1.40 bits per heavy atom. The van der Waals surface area contributed by atoms with Gasteiger partial charge in [-0.3, -0.25) is 4.79 Å². The first-order valence-electron chi connectivity index (χ1n) is 6.00. The minimum atomic E-state index is -3.74. The van der Waals surface area contributed by atoms with Gasteiger partial charge >= 0.3 is 5.97 Å². The minimum Gasteiger partial charge on any atom is -0.481 e. The first kappa shape index (κ1) is 15.8. The van der Waals surface area contributed by atoms with Crippen LogP contribution in [0.2, 0.25) is 5.02 Å². The Balaban J connectivity index is 2.14. The Morgan fingerprint density at radius 3 is 2.65 bits per heavy atom. The second-order valence-electron chi connectivity index (χ2n) is 4.74. The van der Waals surface area contributed by atoms with Gasteiger partial charge in [0.2, 0.25) is 10.0 Å². The van der Waals surface area contributed by atoms with E-state index in [2.05, 4.69) is 20.7 Å². The number of carboxylic acids is 1. The number of rotatable bonds is 4. The standard InChI is InChI=1S/C12H13BrClNO4S/c13-8-2-4-11(10(14)6-8)20(18,19)15-9-3-1-7(5-9)12(16)17/h2,4,6-7,9,15H,1,3,5H2,(H,16,17). The summed E-state index contributed by atoms with van der Waals surface area (Å²) in [6.45, 7) is 0. The maximum Gasteiger partial charge on any atom is 0.306 e. The summed E-state index contributed by atoms with van der Waals surface area (Å²) in [4.78, 5) is 10.9. The van der Waals surface area contributed by atoms with Gasteiger partial charge in [0.15, 0.2) is 0 Å². The third-order valence-corrected chi connectivity index (χ3v) is 5.78. The SMILES string of the molecule is O=C(O)C1CCC(NS(=O)(=O)c2ccc(Br)cc2Cl)C1. The third kappa shape index (κ3) is 3.52. The van der Waals surface area contributed by atoms with Crippen molar-refractivity contribution < 1.29 is 18.3 Å². The molecule has 0 spiro atoms. The summed E-state index contributed by atoms with van der Waals surface area (Å²) in [6, 6.07) is 4.15. The zero-order chi connectivity index (χ0) is 14.9. The van der Waals surface area contributed by atoms with Crippen molar-refractivity contribution in [1.29, 1.82) is 0 Å². The summed E-state index contributed by atoms with van der Waals surface area (Å²) in [5, 5.41) is 9.04. The fourth-order valence-corrected chi connectivity index (χ4v) is 4.61. The summed E-state index contributed by atoms with van der Waals surface area (Å²) in [7, 11) is -3.74. The molecule has 0 amide bonds. The maximum atomic E-state index is 12.2. The number of hydrogen-bond acceptors (Lipinski definition) is 3. The molecule has 1 aliphatic rings. The smallest absolute Gasteiger partial charge is 0.306 e. The number of sulfonamides is 1. The van der Waals surface area contributed by atoms with Crippen LogP contribution in [0.5, 0.6) is 0 Å². The fourth-order valence-electron chi connectivity index (χ4n) is 2.29. The van der Waals surface area contributed by atoms with Crippen LogP contribution in [0.25, 0.3) is 0 Å². The number of nitrogens with one attached hydrogen (secondary N) is 1. The van der Waals surface area contributed by atoms with Gasteiger partial charge in [-0.2, -0.15) is 0 Å². The number of benzene rings is 1. The van der Waals surface area contributed by atoms with E-state index >= 15 is 0 Å². The van der Waals surface area contributed by atoms with Crippen LogP contribution < -0.4 is 4.72 Å². The molecule has 0 radical (unpaired) electrons. The highest BCUT2D eigenvalue weighted by Crippen LogP contribution is 2.29. The molecule has 0 aromatic heterocycles. The van der Waals surface area contributed by atoms with E-state index < -0.39 is 21.9 Å². The summed E-state index contributed by atoms with van der Waals surface area (Å²) in [6.07, 6.45) is 1.31. The average Bonchev–Trinajstić information content (AvgIpc) is 2.76. The number of carboxylic acid groups (broad SMARTS) is 1. The zero-order valence-corrected chi connectivity index (χ0v) is 13.5. The number of halogens is 2. The van der Waals surface area contributed by atoms with Crippen molar-refractivity contribution in [2.24, 2.45) is 5.92 Å². The molecule has 0 saturated heterocycles. The lowest BCUT2D eigenvalue weighted by molar-refractivity contribution is -0.141. The summed E-state index contributed by atoms with van der Waals surface area (Å²) in [5.41, 5.74) is 0. The molecule has 2 N–H and O–H groups in total. The second-order valence-corrected chi connectivity index (χ2v) is 7.75. The molecule has 8 heteroatoms. The molecular formula is C12H13BrClNO4S. The molecule has 2 atom stereocenters. The van der Waals surface area contributed by atoms with Crippen molar-refractivity contribution in [1.82, 2.24) is 4.72 Å². The van der Waals surface area contributed by atoms with Crippen LogP contribution in [0.1, 0.15) is 19.3 Å². The van der Waals surface area contributed by atoms with Crippen molar-refractivity contribution in [2.45, 2.75) is 30.2 Å². The van der Waals surface area contributed by atoms with E-state index in [1.165, 1.54) is 12.1 Å². The van der Waals surface area contributed by atoms with Gasteiger partial charge in [-0.25, -0.2) is 13.1 Å². The van der Waals surface area contributed by atoms with Crippen LogP contribution in [-0.4, -0.2) is 25.5 Å². The van der Waals surface area contributed by atoms with Crippen LogP contribution in [0.4, 0.5) is 0 Å². The lowest BCUT2D eigenvalue weighted by Crippen LogP contribution is -2.33. The van der Waals surface area contributed by atoms with E-state index in [0.717, 1.165) is 0 Å². The Morgan fingerprint density at radius 2 is 2.10 bits per heavy atom. The van der Waals surface area contributed by atoms with Gasteiger partial charge in [0.1, 0.15) is 4.90 Å². The molecule has 0 heterocycles. The maximum absolute atomic E-state index is 12.2. The first-order valence-corrected chi connectivity index (χ1v) is 8.65. The lowest BCUT2D eigenvalue weighted by atomic mass is 10.1. The van der Waals surface area contributed by atoms with E-state index in [-0.39, 0.29) is 16.0 Å². The molecule has 5 nitrogen and oxygen atoms in total. The Bertz CT molecular complexity index is 634. The highest BCUT2D eigenvalue weighted by molar-refractivity contribution is 9.10. The van der Waals surface area contributed by atoms with Crippen molar-refractivity contribution >= 4 is 43.5 Å². The van der Waals surface area contributed by atoms with Gasteiger partial charge in [0, 0.05) is 10.5 Å². The Hall–Kier alpha value is -0.630. The monoisotopic (exact) mass is 381 g/mol. The molecule has 1 aliphatic carbocycles. The van der Waals surface area contributed by atoms with E-state index in [4.69, 9.17) is 16.7 Å². The normalized spacial score (nSPS) is 22.9. The minimum absolute atomic E-state index is 0.00106. The van der Waals surface area contributed by atoms with Gasteiger partial charge in [0.25, 0.3) is 0 Å². The molecule has 1 saturated carbocycles. The van der Waals surface area contributed by atoms with Crippen LogP contribution in [0.3, 0.4) is 0 Å². The van der Waals surface area contributed by atoms with Crippen LogP contribution >= 0.6 is 27.5 Å². The van der Waals surface area contributed by atoms with Gasteiger partial charge in [-0.1, -0.05) is 27.5 Å². The molecule has 1 aromatic carbocycles. The fraction of sp³-hybridized carbons (Fsp3) is 0.417. The molecule has 0 aliphatic heterocycles. The van der Waals surface area contributed by atoms with Crippen molar-refractivity contribution in [3.8, 4) is 0 Å². The predicted molar refractivity (Wildman–Crippen MR) is 78.2 cm³/mol. The zero-order valence-electron chi connectivity index (χ0n) is 10.3. The topological polar surface area (TPSA) is 83.5 Å². The molecular weight excluding hydrogens is 370 g/mol. The molecule has 1 aromatic rings. The highest BCUT2D eigenvalue weighted by Gasteiger charge is 2.32.